The summed E-state index contributed by atoms with van der Waals surface area (Å²) in [6.07, 6.45) is 4.25. The highest BCUT2D eigenvalue weighted by Crippen LogP contribution is 2.10. The highest BCUT2D eigenvalue weighted by atomic mass is 32.1. The summed E-state index contributed by atoms with van der Waals surface area (Å²) in [5.74, 6) is 0.880. The molecule has 0 aliphatic rings. The molecule has 2 N–H and O–H groups in total. The number of thiazole rings is 1. The number of nitrogens with zero attached hydrogens (tertiary/aromatic N) is 2. The lowest BCUT2D eigenvalue weighted by molar-refractivity contribution is 0.591. The number of guanidine groups is 1. The lowest BCUT2D eigenvalue weighted by Gasteiger charge is -2.18. The fourth-order valence-corrected chi connectivity index (χ4v) is 3.31. The van der Waals surface area contributed by atoms with Gasteiger partial charge in [0.25, 0.3) is 0 Å². The SMILES string of the molecule is CN=C(NCCCc1nc(C)cs1)NC(C)CCc1ccccc1. The van der Waals surface area contributed by atoms with Gasteiger partial charge < -0.3 is 10.6 Å². The van der Waals surface area contributed by atoms with Crippen molar-refractivity contribution in [3.63, 3.8) is 0 Å². The zero-order valence-corrected chi connectivity index (χ0v) is 15.7. The molecule has 0 radical (unpaired) electrons. The maximum absolute atomic E-state index is 4.49. The molecule has 0 aliphatic heterocycles. The van der Waals surface area contributed by atoms with E-state index in [1.807, 2.05) is 14.0 Å². The molecule has 24 heavy (non-hydrogen) atoms. The van der Waals surface area contributed by atoms with E-state index in [1.54, 1.807) is 11.3 Å². The molecule has 1 aromatic carbocycles. The molecule has 0 saturated carbocycles. The van der Waals surface area contributed by atoms with Crippen molar-refractivity contribution in [1.82, 2.24) is 15.6 Å². The monoisotopic (exact) mass is 344 g/mol. The van der Waals surface area contributed by atoms with E-state index in [9.17, 15) is 0 Å². The van der Waals surface area contributed by atoms with Crippen molar-refractivity contribution in [2.45, 2.75) is 45.6 Å². The molecule has 5 heteroatoms. The first-order chi connectivity index (χ1) is 11.7. The largest absolute Gasteiger partial charge is 0.356 e. The van der Waals surface area contributed by atoms with Crippen molar-refractivity contribution in [3.05, 3.63) is 52.0 Å². The number of benzene rings is 1. The van der Waals surface area contributed by atoms with Gasteiger partial charge in [-0.1, -0.05) is 30.3 Å². The smallest absolute Gasteiger partial charge is 0.191 e. The molecule has 1 atom stereocenters. The maximum Gasteiger partial charge on any atom is 0.191 e. The van der Waals surface area contributed by atoms with E-state index in [0.29, 0.717) is 6.04 Å². The topological polar surface area (TPSA) is 49.3 Å². The van der Waals surface area contributed by atoms with Gasteiger partial charge in [-0.05, 0) is 38.7 Å². The molecule has 0 aliphatic carbocycles. The average molecular weight is 345 g/mol. The summed E-state index contributed by atoms with van der Waals surface area (Å²) in [6.45, 7) is 5.15. The first kappa shape index (κ1) is 18.5. The van der Waals surface area contributed by atoms with Crippen molar-refractivity contribution >= 4 is 17.3 Å². The molecule has 0 fully saturated rings. The van der Waals surface area contributed by atoms with Crippen molar-refractivity contribution in [3.8, 4) is 0 Å². The molecule has 2 aromatic rings. The van der Waals surface area contributed by atoms with Crippen LogP contribution in [0.2, 0.25) is 0 Å². The van der Waals surface area contributed by atoms with Gasteiger partial charge in [0.2, 0.25) is 0 Å². The number of nitrogens with one attached hydrogen (secondary N) is 2. The summed E-state index contributed by atoms with van der Waals surface area (Å²) in [7, 11) is 1.82. The van der Waals surface area contributed by atoms with Crippen LogP contribution in [-0.4, -0.2) is 30.6 Å². The molecule has 4 nitrogen and oxygen atoms in total. The van der Waals surface area contributed by atoms with Crippen molar-refractivity contribution in [2.24, 2.45) is 4.99 Å². The number of aromatic nitrogens is 1. The van der Waals surface area contributed by atoms with Gasteiger partial charge in [0.05, 0.1) is 5.01 Å². The molecule has 2 rings (SSSR count). The number of hydrogen-bond donors (Lipinski definition) is 2. The Labute approximate surface area is 149 Å². The van der Waals surface area contributed by atoms with Crippen LogP contribution in [0.5, 0.6) is 0 Å². The lowest BCUT2D eigenvalue weighted by atomic mass is 10.1. The molecule has 0 spiro atoms. The van der Waals surface area contributed by atoms with Gasteiger partial charge in [-0.15, -0.1) is 11.3 Å². The van der Waals surface area contributed by atoms with Crippen LogP contribution in [0.25, 0.3) is 0 Å². The van der Waals surface area contributed by atoms with Crippen LogP contribution in [0.4, 0.5) is 0 Å². The Morgan fingerprint density at radius 1 is 1.25 bits per heavy atom. The first-order valence-electron chi connectivity index (χ1n) is 8.59. The second kappa shape index (κ2) is 10.1. The minimum atomic E-state index is 0.387. The van der Waals surface area contributed by atoms with Crippen LogP contribution < -0.4 is 10.6 Å². The van der Waals surface area contributed by atoms with Gasteiger partial charge in [-0.25, -0.2) is 4.98 Å². The van der Waals surface area contributed by atoms with Crippen LogP contribution in [-0.2, 0) is 12.8 Å². The summed E-state index contributed by atoms with van der Waals surface area (Å²) in [4.78, 5) is 8.81. The fraction of sp³-hybridized carbons (Fsp3) is 0.474. The van der Waals surface area contributed by atoms with E-state index in [4.69, 9.17) is 0 Å². The summed E-state index contributed by atoms with van der Waals surface area (Å²) < 4.78 is 0. The summed E-state index contributed by atoms with van der Waals surface area (Å²) in [6, 6.07) is 11.0. The van der Waals surface area contributed by atoms with E-state index in [-0.39, 0.29) is 0 Å². The van der Waals surface area contributed by atoms with E-state index in [0.717, 1.165) is 43.9 Å². The predicted octanol–water partition coefficient (Wildman–Crippen LogP) is 3.57. The lowest BCUT2D eigenvalue weighted by Crippen LogP contribution is -2.42. The zero-order valence-electron chi connectivity index (χ0n) is 14.9. The van der Waals surface area contributed by atoms with E-state index < -0.39 is 0 Å². The predicted molar refractivity (Wildman–Crippen MR) is 104 cm³/mol. The second-order valence-corrected chi connectivity index (χ2v) is 7.00. The van der Waals surface area contributed by atoms with E-state index >= 15 is 0 Å². The Bertz CT molecular complexity index is 621. The van der Waals surface area contributed by atoms with Crippen molar-refractivity contribution in [1.29, 1.82) is 0 Å². The Kier molecular flexibility index (Phi) is 7.75. The summed E-state index contributed by atoms with van der Waals surface area (Å²) >= 11 is 1.74. The zero-order chi connectivity index (χ0) is 17.2. The van der Waals surface area contributed by atoms with Gasteiger partial charge in [-0.3, -0.25) is 4.99 Å². The first-order valence-corrected chi connectivity index (χ1v) is 9.47. The molecular formula is C19H28N4S. The van der Waals surface area contributed by atoms with Crippen molar-refractivity contribution in [2.75, 3.05) is 13.6 Å². The van der Waals surface area contributed by atoms with Crippen LogP contribution in [0.15, 0.2) is 40.7 Å². The number of rotatable bonds is 8. The Morgan fingerprint density at radius 2 is 2.04 bits per heavy atom. The highest BCUT2D eigenvalue weighted by Gasteiger charge is 2.06. The molecule has 0 amide bonds. The van der Waals surface area contributed by atoms with E-state index in [2.05, 4.69) is 63.2 Å². The molecule has 1 aromatic heterocycles. The molecule has 130 valence electrons. The van der Waals surface area contributed by atoms with Crippen LogP contribution >= 0.6 is 11.3 Å². The highest BCUT2D eigenvalue weighted by molar-refractivity contribution is 7.09. The average Bonchev–Trinajstić information content (AvgIpc) is 3.02. The maximum atomic E-state index is 4.49. The minimum absolute atomic E-state index is 0.387. The number of aryl methyl sites for hydroxylation is 3. The second-order valence-electron chi connectivity index (χ2n) is 6.05. The molecule has 1 unspecified atom stereocenters. The third-order valence-electron chi connectivity index (χ3n) is 3.84. The molecule has 0 saturated heterocycles. The Balaban J connectivity index is 1.64. The van der Waals surface area contributed by atoms with Crippen molar-refractivity contribution < 1.29 is 0 Å². The van der Waals surface area contributed by atoms with Crippen LogP contribution in [0.3, 0.4) is 0 Å². The number of hydrogen-bond acceptors (Lipinski definition) is 3. The molecule has 1 heterocycles. The third kappa shape index (κ3) is 6.71. The normalized spacial score (nSPS) is 12.9. The van der Waals surface area contributed by atoms with Gasteiger partial charge in [0, 0.05) is 37.1 Å². The van der Waals surface area contributed by atoms with Crippen LogP contribution in [0.1, 0.15) is 36.0 Å². The quantitative estimate of drug-likeness (QED) is 0.437. The number of aliphatic imine (C=N–C) groups is 1. The molecular weight excluding hydrogens is 316 g/mol. The summed E-state index contributed by atoms with van der Waals surface area (Å²) in [5.41, 5.74) is 2.50. The van der Waals surface area contributed by atoms with Gasteiger partial charge in [-0.2, -0.15) is 0 Å². The fourth-order valence-electron chi connectivity index (χ4n) is 2.49. The minimum Gasteiger partial charge on any atom is -0.356 e. The third-order valence-corrected chi connectivity index (χ3v) is 4.87. The van der Waals surface area contributed by atoms with Crippen LogP contribution in [0, 0.1) is 6.92 Å². The van der Waals surface area contributed by atoms with E-state index in [1.165, 1.54) is 10.6 Å². The Morgan fingerprint density at radius 3 is 2.71 bits per heavy atom. The molecule has 0 bridgehead atoms. The van der Waals surface area contributed by atoms with Gasteiger partial charge >= 0.3 is 0 Å². The standard InChI is InChI=1S/C19H28N4S/c1-15(11-12-17-8-5-4-6-9-17)23-19(20-3)21-13-7-10-18-22-16(2)14-24-18/h4-6,8-9,14-15H,7,10-13H2,1-3H3,(H2,20,21,23). The summed E-state index contributed by atoms with van der Waals surface area (Å²) in [5, 5.41) is 10.2. The Hall–Kier alpha value is -1.88. The van der Waals surface area contributed by atoms with Gasteiger partial charge in [0.15, 0.2) is 5.96 Å². The van der Waals surface area contributed by atoms with Gasteiger partial charge in [0.1, 0.15) is 0 Å².